The lowest BCUT2D eigenvalue weighted by Gasteiger charge is -2.30. The molecule has 0 spiro atoms. The third kappa shape index (κ3) is 4.15. The highest BCUT2D eigenvalue weighted by atomic mass is 32.2. The molecule has 2 aliphatic rings. The van der Waals surface area contributed by atoms with Gasteiger partial charge >= 0.3 is 0 Å². The number of anilines is 1. The zero-order valence-corrected chi connectivity index (χ0v) is 14.9. The van der Waals surface area contributed by atoms with Crippen molar-refractivity contribution in [3.63, 3.8) is 0 Å². The number of benzene rings is 1. The molecule has 3 rings (SSSR count). The Morgan fingerprint density at radius 2 is 2.04 bits per heavy atom. The predicted molar refractivity (Wildman–Crippen MR) is 93.4 cm³/mol. The second kappa shape index (κ2) is 7.21. The quantitative estimate of drug-likeness (QED) is 0.763. The van der Waals surface area contributed by atoms with Gasteiger partial charge in [-0.1, -0.05) is 6.92 Å². The molecule has 1 saturated heterocycles. The number of nitrogens with zero attached hydrogens (tertiary/aromatic N) is 1. The molecule has 0 aliphatic carbocycles. The molecule has 0 atom stereocenters. The number of piperidine rings is 1. The van der Waals surface area contributed by atoms with E-state index < -0.39 is 10.0 Å². The summed E-state index contributed by atoms with van der Waals surface area (Å²) >= 11 is 0. The fraction of sp³-hybridized carbons (Fsp3) is 0.588. The molecule has 7 heteroatoms. The van der Waals surface area contributed by atoms with Crippen LogP contribution in [0.15, 0.2) is 23.1 Å². The minimum atomic E-state index is -3.52. The molecule has 1 amide bonds. The van der Waals surface area contributed by atoms with E-state index in [-0.39, 0.29) is 17.2 Å². The first-order valence-corrected chi connectivity index (χ1v) is 10.1. The molecule has 1 aromatic rings. The third-order valence-corrected chi connectivity index (χ3v) is 6.29. The topological polar surface area (TPSA) is 78.5 Å². The van der Waals surface area contributed by atoms with Crippen LogP contribution in [0.5, 0.6) is 0 Å². The molecule has 6 nitrogen and oxygen atoms in total. The van der Waals surface area contributed by atoms with E-state index in [1.165, 1.54) is 12.8 Å². The molecule has 0 unspecified atom stereocenters. The van der Waals surface area contributed by atoms with Crippen molar-refractivity contribution in [3.8, 4) is 0 Å². The number of amides is 1. The molecule has 1 fully saturated rings. The van der Waals surface area contributed by atoms with Crippen LogP contribution in [-0.4, -0.2) is 45.4 Å². The van der Waals surface area contributed by atoms with Crippen molar-refractivity contribution in [2.24, 2.45) is 5.92 Å². The number of sulfonamides is 1. The molecule has 0 aromatic heterocycles. The van der Waals surface area contributed by atoms with Crippen molar-refractivity contribution in [3.05, 3.63) is 23.8 Å². The molecule has 132 valence electrons. The predicted octanol–water partition coefficient (Wildman–Crippen LogP) is 1.58. The first-order chi connectivity index (χ1) is 11.4. The van der Waals surface area contributed by atoms with Gasteiger partial charge in [-0.3, -0.25) is 4.79 Å². The minimum Gasteiger partial charge on any atom is -0.326 e. The highest BCUT2D eigenvalue weighted by Crippen LogP contribution is 2.25. The highest BCUT2D eigenvalue weighted by molar-refractivity contribution is 7.89. The summed E-state index contributed by atoms with van der Waals surface area (Å²) in [6, 6.07) is 4.78. The van der Waals surface area contributed by atoms with Gasteiger partial charge in [-0.2, -0.15) is 0 Å². The maximum absolute atomic E-state index is 12.4. The summed E-state index contributed by atoms with van der Waals surface area (Å²) in [5.41, 5.74) is 1.45. The summed E-state index contributed by atoms with van der Waals surface area (Å²) in [6.07, 6.45) is 3.51. The Hall–Kier alpha value is -1.44. The maximum atomic E-state index is 12.4. The number of nitrogens with one attached hydrogen (secondary N) is 2. The first-order valence-electron chi connectivity index (χ1n) is 8.59. The van der Waals surface area contributed by atoms with E-state index in [2.05, 4.69) is 21.9 Å². The normalized spacial score (nSPS) is 19.3. The van der Waals surface area contributed by atoms with Crippen molar-refractivity contribution in [1.82, 2.24) is 9.62 Å². The van der Waals surface area contributed by atoms with E-state index in [0.717, 1.165) is 37.5 Å². The summed E-state index contributed by atoms with van der Waals surface area (Å²) in [7, 11) is -3.52. The van der Waals surface area contributed by atoms with Crippen LogP contribution in [-0.2, 0) is 21.2 Å². The smallest absolute Gasteiger partial charge is 0.240 e. The van der Waals surface area contributed by atoms with Gasteiger partial charge in [0.15, 0.2) is 0 Å². The Morgan fingerprint density at radius 1 is 1.29 bits per heavy atom. The second-order valence-electron chi connectivity index (χ2n) is 6.82. The van der Waals surface area contributed by atoms with Crippen molar-refractivity contribution in [2.45, 2.75) is 37.5 Å². The molecule has 2 aliphatic heterocycles. The largest absolute Gasteiger partial charge is 0.326 e. The lowest BCUT2D eigenvalue weighted by atomic mass is 9.99. The van der Waals surface area contributed by atoms with Crippen molar-refractivity contribution >= 4 is 21.6 Å². The first kappa shape index (κ1) is 17.4. The Bertz CT molecular complexity index is 710. The molecular weight excluding hydrogens is 326 g/mol. The fourth-order valence-corrected chi connectivity index (χ4v) is 4.38. The Labute approximate surface area is 143 Å². The maximum Gasteiger partial charge on any atom is 0.240 e. The van der Waals surface area contributed by atoms with Crippen LogP contribution >= 0.6 is 0 Å². The lowest BCUT2D eigenvalue weighted by Crippen LogP contribution is -2.35. The summed E-state index contributed by atoms with van der Waals surface area (Å²) in [5, 5.41) is 2.71. The van der Waals surface area contributed by atoms with E-state index in [0.29, 0.717) is 12.2 Å². The van der Waals surface area contributed by atoms with Gasteiger partial charge in [-0.25, -0.2) is 13.1 Å². The van der Waals surface area contributed by atoms with Crippen LogP contribution in [0.2, 0.25) is 0 Å². The summed E-state index contributed by atoms with van der Waals surface area (Å²) < 4.78 is 27.4. The molecular formula is C17H25N3O3S. The van der Waals surface area contributed by atoms with E-state index in [1.807, 2.05) is 0 Å². The van der Waals surface area contributed by atoms with Gasteiger partial charge in [0.05, 0.1) is 11.3 Å². The third-order valence-electron chi connectivity index (χ3n) is 4.83. The zero-order chi connectivity index (χ0) is 17.2. The second-order valence-corrected chi connectivity index (χ2v) is 8.59. The Balaban J connectivity index is 1.50. The average molecular weight is 351 g/mol. The summed E-state index contributed by atoms with van der Waals surface area (Å²) in [5.74, 6) is 0.712. The van der Waals surface area contributed by atoms with Gasteiger partial charge in [-0.15, -0.1) is 0 Å². The Kier molecular flexibility index (Phi) is 5.22. The van der Waals surface area contributed by atoms with Crippen LogP contribution in [0.25, 0.3) is 0 Å². The summed E-state index contributed by atoms with van der Waals surface area (Å²) in [6.45, 7) is 5.87. The molecule has 1 aromatic carbocycles. The molecule has 0 radical (unpaired) electrons. The highest BCUT2D eigenvalue weighted by Gasteiger charge is 2.21. The summed E-state index contributed by atoms with van der Waals surface area (Å²) in [4.78, 5) is 14.0. The number of fused-ring (bicyclic) bond motifs is 1. The number of likely N-dealkylation sites (tertiary alicyclic amines) is 1. The average Bonchev–Trinajstić information content (AvgIpc) is 2.92. The van der Waals surface area contributed by atoms with E-state index in [9.17, 15) is 13.2 Å². The van der Waals surface area contributed by atoms with Gasteiger partial charge in [0.2, 0.25) is 15.9 Å². The van der Waals surface area contributed by atoms with Crippen LogP contribution in [0, 0.1) is 5.92 Å². The van der Waals surface area contributed by atoms with Gasteiger partial charge < -0.3 is 10.2 Å². The number of carbonyl (C=O) groups is 1. The number of hydrogen-bond acceptors (Lipinski definition) is 4. The fourth-order valence-electron chi connectivity index (χ4n) is 3.25. The standard InChI is InChI=1S/C17H25N3O3S/c1-13-5-9-20(10-6-13)8-2-7-18-24(22,23)15-3-4-16-14(11-15)12-17(21)19-16/h3-4,11,13,18H,2,5-10,12H2,1H3,(H,19,21). The monoisotopic (exact) mass is 351 g/mol. The van der Waals surface area contributed by atoms with Crippen LogP contribution in [0.4, 0.5) is 5.69 Å². The van der Waals surface area contributed by atoms with Crippen molar-refractivity contribution < 1.29 is 13.2 Å². The van der Waals surface area contributed by atoms with Crippen LogP contribution < -0.4 is 10.0 Å². The van der Waals surface area contributed by atoms with Crippen molar-refractivity contribution in [2.75, 3.05) is 31.5 Å². The number of carbonyl (C=O) groups excluding carboxylic acids is 1. The van der Waals surface area contributed by atoms with Gasteiger partial charge in [0, 0.05) is 12.2 Å². The molecule has 2 N–H and O–H groups in total. The van der Waals surface area contributed by atoms with Crippen LogP contribution in [0.3, 0.4) is 0 Å². The van der Waals surface area contributed by atoms with Gasteiger partial charge in [0.1, 0.15) is 0 Å². The molecule has 0 saturated carbocycles. The van der Waals surface area contributed by atoms with E-state index >= 15 is 0 Å². The van der Waals surface area contributed by atoms with E-state index in [4.69, 9.17) is 0 Å². The Morgan fingerprint density at radius 3 is 2.79 bits per heavy atom. The SMILES string of the molecule is CC1CCN(CCCNS(=O)(=O)c2ccc3c(c2)CC(=O)N3)CC1. The van der Waals surface area contributed by atoms with Gasteiger partial charge in [0.25, 0.3) is 0 Å². The van der Waals surface area contributed by atoms with Crippen LogP contribution in [0.1, 0.15) is 31.7 Å². The molecule has 2 heterocycles. The van der Waals surface area contributed by atoms with E-state index in [1.54, 1.807) is 18.2 Å². The van der Waals surface area contributed by atoms with Gasteiger partial charge in [-0.05, 0) is 68.6 Å². The number of hydrogen-bond donors (Lipinski definition) is 2. The zero-order valence-electron chi connectivity index (χ0n) is 14.0. The minimum absolute atomic E-state index is 0.0941. The molecule has 0 bridgehead atoms. The number of rotatable bonds is 6. The lowest BCUT2D eigenvalue weighted by molar-refractivity contribution is -0.115. The van der Waals surface area contributed by atoms with Crippen molar-refractivity contribution in [1.29, 1.82) is 0 Å². The molecule has 24 heavy (non-hydrogen) atoms.